The van der Waals surface area contributed by atoms with Crippen LogP contribution in [0.15, 0.2) is 12.5 Å². The SMILES string of the molecule is NC[C@H]1CCCC(c2cnc[nH]2)O1. The predicted molar refractivity (Wildman–Crippen MR) is 49.1 cm³/mol. The lowest BCUT2D eigenvalue weighted by Crippen LogP contribution is -2.29. The van der Waals surface area contributed by atoms with Crippen LogP contribution in [0.25, 0.3) is 0 Å². The monoisotopic (exact) mass is 181 g/mol. The molecule has 1 aliphatic heterocycles. The Labute approximate surface area is 77.5 Å². The van der Waals surface area contributed by atoms with Crippen molar-refractivity contribution in [2.24, 2.45) is 5.73 Å². The molecule has 1 fully saturated rings. The largest absolute Gasteiger partial charge is 0.367 e. The average Bonchev–Trinajstić information content (AvgIpc) is 2.71. The number of rotatable bonds is 2. The van der Waals surface area contributed by atoms with E-state index >= 15 is 0 Å². The number of aromatic nitrogens is 2. The van der Waals surface area contributed by atoms with Gasteiger partial charge in [-0.2, -0.15) is 0 Å². The maximum Gasteiger partial charge on any atom is 0.0992 e. The molecular weight excluding hydrogens is 166 g/mol. The summed E-state index contributed by atoms with van der Waals surface area (Å²) in [5.74, 6) is 0. The molecule has 0 spiro atoms. The molecule has 0 amide bonds. The molecule has 13 heavy (non-hydrogen) atoms. The van der Waals surface area contributed by atoms with E-state index in [0.29, 0.717) is 6.54 Å². The standard InChI is InChI=1S/C9H15N3O/c10-4-7-2-1-3-9(13-7)8-5-11-6-12-8/h5-7,9H,1-4,10H2,(H,11,12)/t7-,9?/m1/s1. The average molecular weight is 181 g/mol. The lowest BCUT2D eigenvalue weighted by atomic mass is 10.0. The van der Waals surface area contributed by atoms with Gasteiger partial charge in [-0.05, 0) is 19.3 Å². The molecule has 0 saturated carbocycles. The van der Waals surface area contributed by atoms with Crippen molar-refractivity contribution < 1.29 is 4.74 Å². The van der Waals surface area contributed by atoms with Gasteiger partial charge in [0.1, 0.15) is 0 Å². The van der Waals surface area contributed by atoms with Gasteiger partial charge in [0.2, 0.25) is 0 Å². The number of nitrogens with two attached hydrogens (primary N) is 1. The van der Waals surface area contributed by atoms with Crippen LogP contribution in [-0.2, 0) is 4.74 Å². The maximum absolute atomic E-state index is 5.78. The van der Waals surface area contributed by atoms with Crippen LogP contribution in [0.2, 0.25) is 0 Å². The molecule has 1 aliphatic rings. The van der Waals surface area contributed by atoms with E-state index in [2.05, 4.69) is 9.97 Å². The summed E-state index contributed by atoms with van der Waals surface area (Å²) in [6.45, 7) is 0.616. The molecular formula is C9H15N3O. The van der Waals surface area contributed by atoms with E-state index in [1.165, 1.54) is 6.42 Å². The van der Waals surface area contributed by atoms with Gasteiger partial charge in [0.25, 0.3) is 0 Å². The molecule has 4 heteroatoms. The molecule has 1 unspecified atom stereocenters. The number of imidazole rings is 1. The Morgan fingerprint density at radius 2 is 2.54 bits per heavy atom. The molecule has 0 aliphatic carbocycles. The Morgan fingerprint density at radius 3 is 3.23 bits per heavy atom. The minimum Gasteiger partial charge on any atom is -0.367 e. The van der Waals surface area contributed by atoms with E-state index in [9.17, 15) is 0 Å². The molecule has 2 atom stereocenters. The molecule has 1 aromatic heterocycles. The third-order valence-corrected chi connectivity index (χ3v) is 2.48. The smallest absolute Gasteiger partial charge is 0.0992 e. The number of H-pyrrole nitrogens is 1. The Bertz CT molecular complexity index is 247. The molecule has 2 rings (SSSR count). The van der Waals surface area contributed by atoms with Crippen molar-refractivity contribution in [3.05, 3.63) is 18.2 Å². The summed E-state index contributed by atoms with van der Waals surface area (Å²) in [6, 6.07) is 0. The fraction of sp³-hybridized carbons (Fsp3) is 0.667. The van der Waals surface area contributed by atoms with Crippen LogP contribution in [0.1, 0.15) is 31.1 Å². The van der Waals surface area contributed by atoms with Crippen molar-refractivity contribution in [2.45, 2.75) is 31.5 Å². The Morgan fingerprint density at radius 1 is 1.62 bits per heavy atom. The van der Waals surface area contributed by atoms with Crippen LogP contribution in [0, 0.1) is 0 Å². The van der Waals surface area contributed by atoms with Gasteiger partial charge < -0.3 is 15.5 Å². The van der Waals surface area contributed by atoms with Gasteiger partial charge in [0.05, 0.1) is 30.4 Å². The van der Waals surface area contributed by atoms with Crippen LogP contribution < -0.4 is 5.73 Å². The molecule has 2 heterocycles. The number of ether oxygens (including phenoxy) is 1. The van der Waals surface area contributed by atoms with Gasteiger partial charge in [-0.1, -0.05) is 0 Å². The molecule has 0 radical (unpaired) electrons. The van der Waals surface area contributed by atoms with Crippen molar-refractivity contribution in [1.29, 1.82) is 0 Å². The van der Waals surface area contributed by atoms with Gasteiger partial charge in [-0.3, -0.25) is 0 Å². The van der Waals surface area contributed by atoms with Crippen molar-refractivity contribution in [3.63, 3.8) is 0 Å². The highest BCUT2D eigenvalue weighted by atomic mass is 16.5. The third kappa shape index (κ3) is 1.89. The molecule has 1 aromatic rings. The van der Waals surface area contributed by atoms with Gasteiger partial charge in [-0.15, -0.1) is 0 Å². The number of hydrogen-bond acceptors (Lipinski definition) is 3. The lowest BCUT2D eigenvalue weighted by molar-refractivity contribution is -0.0480. The second kappa shape index (κ2) is 3.89. The molecule has 0 bridgehead atoms. The minimum absolute atomic E-state index is 0.171. The third-order valence-electron chi connectivity index (χ3n) is 2.48. The zero-order valence-electron chi connectivity index (χ0n) is 7.57. The van der Waals surface area contributed by atoms with E-state index in [1.807, 2.05) is 6.20 Å². The number of hydrogen-bond donors (Lipinski definition) is 2. The number of nitrogens with one attached hydrogen (secondary N) is 1. The second-order valence-electron chi connectivity index (χ2n) is 3.42. The highest BCUT2D eigenvalue weighted by molar-refractivity contribution is 5.00. The summed E-state index contributed by atoms with van der Waals surface area (Å²) in [5, 5.41) is 0. The summed E-state index contributed by atoms with van der Waals surface area (Å²) < 4.78 is 5.78. The molecule has 1 saturated heterocycles. The summed E-state index contributed by atoms with van der Waals surface area (Å²) in [4.78, 5) is 7.06. The Balaban J connectivity index is 2.00. The van der Waals surface area contributed by atoms with Gasteiger partial charge in [0, 0.05) is 6.54 Å². The first kappa shape index (κ1) is 8.72. The number of aromatic amines is 1. The van der Waals surface area contributed by atoms with Crippen LogP contribution in [0.5, 0.6) is 0 Å². The topological polar surface area (TPSA) is 63.9 Å². The van der Waals surface area contributed by atoms with Crippen LogP contribution in [0.4, 0.5) is 0 Å². The van der Waals surface area contributed by atoms with Crippen molar-refractivity contribution in [3.8, 4) is 0 Å². The fourth-order valence-corrected chi connectivity index (χ4v) is 1.74. The lowest BCUT2D eigenvalue weighted by Gasteiger charge is -2.28. The van der Waals surface area contributed by atoms with E-state index < -0.39 is 0 Å². The quantitative estimate of drug-likeness (QED) is 0.714. The normalized spacial score (nSPS) is 29.0. The van der Waals surface area contributed by atoms with E-state index in [1.54, 1.807) is 6.33 Å². The van der Waals surface area contributed by atoms with E-state index in [4.69, 9.17) is 10.5 Å². The van der Waals surface area contributed by atoms with Crippen LogP contribution in [0.3, 0.4) is 0 Å². The summed E-state index contributed by atoms with van der Waals surface area (Å²) in [7, 11) is 0. The molecule has 72 valence electrons. The van der Waals surface area contributed by atoms with Crippen molar-refractivity contribution in [1.82, 2.24) is 9.97 Å². The Kier molecular flexibility index (Phi) is 2.61. The fourth-order valence-electron chi connectivity index (χ4n) is 1.74. The Hall–Kier alpha value is -0.870. The summed E-state index contributed by atoms with van der Waals surface area (Å²) in [6.07, 6.45) is 7.24. The van der Waals surface area contributed by atoms with Gasteiger partial charge in [0.15, 0.2) is 0 Å². The van der Waals surface area contributed by atoms with E-state index in [-0.39, 0.29) is 12.2 Å². The molecule has 0 aromatic carbocycles. The van der Waals surface area contributed by atoms with E-state index in [0.717, 1.165) is 18.5 Å². The van der Waals surface area contributed by atoms with Crippen molar-refractivity contribution >= 4 is 0 Å². The highest BCUT2D eigenvalue weighted by Crippen LogP contribution is 2.29. The first-order chi connectivity index (χ1) is 6.40. The summed E-state index contributed by atoms with van der Waals surface area (Å²) in [5.41, 5.74) is 6.64. The highest BCUT2D eigenvalue weighted by Gasteiger charge is 2.23. The first-order valence-corrected chi connectivity index (χ1v) is 4.74. The predicted octanol–water partition coefficient (Wildman–Crippen LogP) is 0.979. The van der Waals surface area contributed by atoms with Gasteiger partial charge >= 0.3 is 0 Å². The van der Waals surface area contributed by atoms with Gasteiger partial charge in [-0.25, -0.2) is 4.98 Å². The second-order valence-corrected chi connectivity index (χ2v) is 3.42. The minimum atomic E-state index is 0.171. The zero-order valence-corrected chi connectivity index (χ0v) is 7.57. The number of nitrogens with zero attached hydrogens (tertiary/aromatic N) is 1. The maximum atomic E-state index is 5.78. The molecule has 3 N–H and O–H groups in total. The van der Waals surface area contributed by atoms with Crippen LogP contribution in [-0.4, -0.2) is 22.6 Å². The van der Waals surface area contributed by atoms with Crippen LogP contribution >= 0.6 is 0 Å². The molecule has 4 nitrogen and oxygen atoms in total. The summed E-state index contributed by atoms with van der Waals surface area (Å²) >= 11 is 0. The first-order valence-electron chi connectivity index (χ1n) is 4.74. The zero-order chi connectivity index (χ0) is 9.10. The van der Waals surface area contributed by atoms with Crippen molar-refractivity contribution in [2.75, 3.05) is 6.54 Å².